The first-order valence-electron chi connectivity index (χ1n) is 28.6. The van der Waals surface area contributed by atoms with Crippen molar-refractivity contribution in [3.63, 3.8) is 0 Å². The lowest BCUT2D eigenvalue weighted by Gasteiger charge is -2.31. The fourth-order valence-electron chi connectivity index (χ4n) is 9.23. The Bertz CT molecular complexity index is 2680. The molecule has 1 aromatic carbocycles. The summed E-state index contributed by atoms with van der Waals surface area (Å²) >= 11 is 9.85. The summed E-state index contributed by atoms with van der Waals surface area (Å²) in [5.74, 6) is -10.2. The van der Waals surface area contributed by atoms with E-state index in [-0.39, 0.29) is 81.5 Å². The minimum atomic E-state index is -1.80. The van der Waals surface area contributed by atoms with Crippen LogP contribution in [0.5, 0.6) is 0 Å². The van der Waals surface area contributed by atoms with Crippen LogP contribution >= 0.6 is 37.0 Å². The van der Waals surface area contributed by atoms with Gasteiger partial charge >= 0.3 is 5.97 Å². The van der Waals surface area contributed by atoms with Crippen LogP contribution in [0.2, 0.25) is 0 Å². The van der Waals surface area contributed by atoms with Gasteiger partial charge in [0, 0.05) is 48.1 Å². The van der Waals surface area contributed by atoms with E-state index in [4.69, 9.17) is 22.9 Å². The zero-order valence-electron chi connectivity index (χ0n) is 49.4. The molecule has 2 aromatic rings. The third kappa shape index (κ3) is 24.6. The number of carboxylic acids is 1. The summed E-state index contributed by atoms with van der Waals surface area (Å²) < 4.78 is 0. The van der Waals surface area contributed by atoms with Crippen LogP contribution in [-0.2, 0) is 59.2 Å². The number of likely N-dealkylation sites (tertiary alicyclic amines) is 1. The number of aliphatic imine (C=N–C) groups is 1. The Balaban J connectivity index is 1.73. The maximum Gasteiger partial charge on any atom is 0.326 e. The van der Waals surface area contributed by atoms with Crippen molar-refractivity contribution in [2.75, 3.05) is 56.3 Å². The quantitative estimate of drug-likeness (QED) is 0.0129. The second-order valence-corrected chi connectivity index (χ2v) is 23.0. The Labute approximate surface area is 520 Å². The number of para-hydroxylation sites is 1. The number of carbonyl (C=O) groups is 11. The first kappa shape index (κ1) is 74.3. The number of aliphatic hydroxyl groups is 2. The Morgan fingerprint density at radius 2 is 1.36 bits per heavy atom. The second-order valence-electron chi connectivity index (χ2n) is 21.3. The third-order valence-electron chi connectivity index (χ3n) is 14.0. The van der Waals surface area contributed by atoms with E-state index in [1.54, 1.807) is 26.3 Å². The molecule has 0 bridgehead atoms. The molecule has 1 aromatic heterocycles. The zero-order valence-corrected chi connectivity index (χ0v) is 52.0. The van der Waals surface area contributed by atoms with Gasteiger partial charge in [-0.05, 0) is 101 Å². The number of aliphatic carboxylic acids is 1. The number of hydrogen-bond donors (Lipinski definition) is 19. The normalized spacial score (nSPS) is 16.4. The van der Waals surface area contributed by atoms with E-state index in [1.165, 1.54) is 16.7 Å². The molecule has 87 heavy (non-hydrogen) atoms. The number of hydrogen-bond acceptors (Lipinski definition) is 19. The number of thioether (sulfide) groups is 1. The summed E-state index contributed by atoms with van der Waals surface area (Å²) in [6, 6.07) is -6.19. The van der Waals surface area contributed by atoms with Gasteiger partial charge in [0.05, 0.1) is 25.3 Å². The van der Waals surface area contributed by atoms with Crippen LogP contribution in [-0.4, -0.2) is 219 Å². The van der Waals surface area contributed by atoms with Crippen LogP contribution in [0.1, 0.15) is 84.1 Å². The number of aliphatic hydroxyl groups excluding tert-OH is 2. The van der Waals surface area contributed by atoms with E-state index in [0.717, 1.165) is 17.8 Å². The van der Waals surface area contributed by atoms with Gasteiger partial charge in [0.2, 0.25) is 59.1 Å². The van der Waals surface area contributed by atoms with Gasteiger partial charge in [0.1, 0.15) is 54.4 Å². The lowest BCUT2D eigenvalue weighted by molar-refractivity contribution is -0.142. The highest BCUT2D eigenvalue weighted by atomic mass is 32.2. The SMILES string of the molecule is CSCC[C@H](NC(=O)[C@H](CS)NC(=O)CNC(=O)[C@H](CC(C)C)NC(=O)[C@H](CO)NC(=O)[C@@H](NC(=O)[C@H](CCCCN)NC(=O)[C@@H]1CCCN1C(=O)[C@H](CS)NC(=O)[C@H](Cc1c[nH]c2ccccc12)NC(=O)[C@@H](N)CCCN=C(N)N)[C@@H](C)O)C(=O)O. The van der Waals surface area contributed by atoms with Crippen LogP contribution < -0.4 is 70.8 Å². The van der Waals surface area contributed by atoms with Crippen LogP contribution in [0.25, 0.3) is 10.9 Å². The average Bonchev–Trinajstić information content (AvgIpc) is 2.86. The molecule has 21 N–H and O–H groups in total. The predicted octanol–water partition coefficient (Wildman–Crippen LogP) is -4.68. The smallest absolute Gasteiger partial charge is 0.326 e. The number of nitrogens with zero attached hydrogens (tertiary/aromatic N) is 2. The monoisotopic (exact) mass is 1280 g/mol. The van der Waals surface area contributed by atoms with E-state index in [1.807, 2.05) is 24.3 Å². The predicted molar refractivity (Wildman–Crippen MR) is 333 cm³/mol. The molecule has 30 nitrogen and oxygen atoms in total. The molecule has 486 valence electrons. The highest BCUT2D eigenvalue weighted by molar-refractivity contribution is 7.98. The lowest BCUT2D eigenvalue weighted by Crippen LogP contribution is -2.62. The van der Waals surface area contributed by atoms with Crippen molar-refractivity contribution in [2.24, 2.45) is 33.8 Å². The molecule has 3 rings (SSSR count). The first-order valence-corrected chi connectivity index (χ1v) is 31.2. The van der Waals surface area contributed by atoms with Gasteiger partial charge < -0.3 is 96.0 Å². The Morgan fingerprint density at radius 3 is 1.98 bits per heavy atom. The molecule has 0 radical (unpaired) electrons. The first-order chi connectivity index (χ1) is 41.3. The third-order valence-corrected chi connectivity index (χ3v) is 15.3. The summed E-state index contributed by atoms with van der Waals surface area (Å²) in [6.45, 7) is 3.41. The molecule has 0 aliphatic carbocycles. The standard InChI is InChI=1S/C54H88N16O14S3/c1-28(2)21-36(45(75)61-24-42(73)62-39(26-85)49(79)64-35(53(83)84)16-20-87-4)66-48(78)38(25-71)67-51(81)43(29(3)72)69-46(76)34(14-7-8-17-55)63-50(80)41-15-10-19-70(41)52(82)40(27-86)68-47(77)37(22-30-23-60-33-13-6-5-11-31(30)33)65-44(74)32(56)12-9-18-59-54(57)58/h5-6,11,13,23,28-29,32,34-41,43,60,71-72,85-86H,7-10,12,14-22,24-27,55-56H2,1-4H3,(H,61,75)(H,62,73)(H,63,80)(H,64,79)(H,65,74)(H,66,78)(H,67,81)(H,68,77)(H,69,76)(H,83,84)(H4,57,58,59)/t29-,32+,34+,35+,36+,37+,38+,39+,40+,41+,43+/m1/s1. The average molecular weight is 1280 g/mol. The minimum Gasteiger partial charge on any atom is -0.480 e. The van der Waals surface area contributed by atoms with Gasteiger partial charge in [0.15, 0.2) is 5.96 Å². The molecule has 11 atom stereocenters. The molecule has 10 amide bonds. The molecule has 1 aliphatic heterocycles. The summed E-state index contributed by atoms with van der Waals surface area (Å²) in [5.41, 5.74) is 24.2. The number of aromatic nitrogens is 1. The molecule has 0 spiro atoms. The fraction of sp³-hybridized carbons (Fsp3) is 0.630. The molecule has 33 heteroatoms. The van der Waals surface area contributed by atoms with Crippen molar-refractivity contribution < 1.29 is 68.1 Å². The molecule has 0 saturated carbocycles. The fourth-order valence-corrected chi connectivity index (χ4v) is 10.2. The molecule has 1 saturated heterocycles. The number of carbonyl (C=O) groups excluding carboxylic acids is 10. The maximum atomic E-state index is 14.3. The number of rotatable bonds is 39. The van der Waals surface area contributed by atoms with Crippen molar-refractivity contribution in [1.82, 2.24) is 57.7 Å². The number of thiol groups is 2. The molecular weight excluding hydrogens is 1190 g/mol. The van der Waals surface area contributed by atoms with E-state index in [0.29, 0.717) is 37.0 Å². The number of H-pyrrole nitrogens is 1. The van der Waals surface area contributed by atoms with Gasteiger partial charge in [-0.3, -0.25) is 52.9 Å². The number of unbranched alkanes of at least 4 members (excludes halogenated alkanes) is 1. The van der Waals surface area contributed by atoms with Crippen LogP contribution in [0.3, 0.4) is 0 Å². The second kappa shape index (κ2) is 38.4. The number of fused-ring (bicyclic) bond motifs is 1. The largest absolute Gasteiger partial charge is 0.480 e. The molecule has 1 aliphatic rings. The van der Waals surface area contributed by atoms with E-state index in [2.05, 4.69) is 83.1 Å². The molecule has 0 unspecified atom stereocenters. The van der Waals surface area contributed by atoms with Crippen LogP contribution in [0.15, 0.2) is 35.5 Å². The number of nitrogens with two attached hydrogens (primary N) is 4. The Hall–Kier alpha value is -6.91. The maximum absolute atomic E-state index is 14.3. The Morgan fingerprint density at radius 1 is 0.736 bits per heavy atom. The number of nitrogens with one attached hydrogen (secondary N) is 10. The number of aromatic amines is 1. The van der Waals surface area contributed by atoms with Crippen molar-refractivity contribution in [3.05, 3.63) is 36.0 Å². The van der Waals surface area contributed by atoms with Crippen molar-refractivity contribution >= 4 is 119 Å². The van der Waals surface area contributed by atoms with Gasteiger partial charge in [-0.15, -0.1) is 0 Å². The number of amides is 10. The van der Waals surface area contributed by atoms with Gasteiger partial charge in [-0.25, -0.2) is 4.79 Å². The van der Waals surface area contributed by atoms with Crippen LogP contribution in [0, 0.1) is 5.92 Å². The summed E-state index contributed by atoms with van der Waals surface area (Å²) in [4.78, 5) is 157. The molecule has 1 fully saturated rings. The van der Waals surface area contributed by atoms with Gasteiger partial charge in [-0.2, -0.15) is 37.0 Å². The highest BCUT2D eigenvalue weighted by Gasteiger charge is 2.41. The lowest BCUT2D eigenvalue weighted by atomic mass is 10.0. The van der Waals surface area contributed by atoms with Crippen molar-refractivity contribution in [3.8, 4) is 0 Å². The van der Waals surface area contributed by atoms with Crippen LogP contribution in [0.4, 0.5) is 0 Å². The number of guanidine groups is 1. The molecule has 2 heterocycles. The summed E-state index contributed by atoms with van der Waals surface area (Å²) in [5, 5.41) is 53.7. The zero-order chi connectivity index (χ0) is 64.9. The highest BCUT2D eigenvalue weighted by Crippen LogP contribution is 2.22. The summed E-state index contributed by atoms with van der Waals surface area (Å²) in [7, 11) is 0. The number of carboxylic acid groups (broad SMARTS) is 1. The summed E-state index contributed by atoms with van der Waals surface area (Å²) in [6.07, 6.45) is 3.66. The van der Waals surface area contributed by atoms with Crippen molar-refractivity contribution in [1.29, 1.82) is 0 Å². The minimum absolute atomic E-state index is 0.00160. The van der Waals surface area contributed by atoms with E-state index < -0.39 is 145 Å². The molecular formula is C54H88N16O14S3. The van der Waals surface area contributed by atoms with Crippen molar-refractivity contribution in [2.45, 2.75) is 152 Å². The van der Waals surface area contributed by atoms with E-state index in [9.17, 15) is 68.1 Å². The van der Waals surface area contributed by atoms with E-state index >= 15 is 0 Å². The van der Waals surface area contributed by atoms with Gasteiger partial charge in [0.25, 0.3) is 0 Å². The number of benzene rings is 1. The topological polar surface area (TPSA) is 492 Å². The Kier molecular flexibility index (Phi) is 32.8. The van der Waals surface area contributed by atoms with Gasteiger partial charge in [-0.1, -0.05) is 32.0 Å².